The molecule has 3 rings (SSSR count). The molecular weight excluding hydrogens is 368 g/mol. The van der Waals surface area contributed by atoms with E-state index in [1.165, 1.54) is 18.2 Å². The highest BCUT2D eigenvalue weighted by Crippen LogP contribution is 2.44. The minimum atomic E-state index is -3.55. The Bertz CT molecular complexity index is 852. The molecule has 2 atom stereocenters. The third kappa shape index (κ3) is 4.01. The summed E-state index contributed by atoms with van der Waals surface area (Å²) in [6.45, 7) is 3.31. The maximum absolute atomic E-state index is 13.1. The molecule has 0 radical (unpaired) electrons. The van der Waals surface area contributed by atoms with Crippen LogP contribution < -0.4 is 10.6 Å². The van der Waals surface area contributed by atoms with Crippen LogP contribution in [0.5, 0.6) is 0 Å². The third-order valence-electron chi connectivity index (χ3n) is 5.59. The maximum atomic E-state index is 13.1. The largest absolute Gasteiger partial charge is 0.462 e. The monoisotopic (exact) mass is 394 g/mol. The average Bonchev–Trinajstić information content (AvgIpc) is 3.06. The van der Waals surface area contributed by atoms with Gasteiger partial charge in [-0.05, 0) is 50.4 Å². The molecule has 0 spiro atoms. The molecule has 1 aromatic rings. The number of benzene rings is 1. The Morgan fingerprint density at radius 1 is 1.30 bits per heavy atom. The van der Waals surface area contributed by atoms with Crippen molar-refractivity contribution in [3.8, 4) is 0 Å². The number of carbonyl (C=O) groups excluding carboxylic acids is 2. The number of carbonyl (C=O) groups is 2. The maximum Gasteiger partial charge on any atom is 0.338 e. The smallest absolute Gasteiger partial charge is 0.338 e. The van der Waals surface area contributed by atoms with Gasteiger partial charge < -0.3 is 15.4 Å². The molecule has 0 aromatic heterocycles. The Labute approximate surface area is 159 Å². The molecule has 1 aliphatic heterocycles. The number of nitrogens with one attached hydrogen (secondary N) is 2. The van der Waals surface area contributed by atoms with Gasteiger partial charge >= 0.3 is 5.97 Å². The SMILES string of the molecule is CCOC(=O)c1cc(NC(=O)[C@@]23CCCC[C@H]2CNC3)cc(S(C)(=O)=O)c1. The van der Waals surface area contributed by atoms with E-state index in [-0.39, 0.29) is 28.9 Å². The fourth-order valence-corrected chi connectivity index (χ4v) is 4.85. The molecule has 1 aliphatic carbocycles. The highest BCUT2D eigenvalue weighted by molar-refractivity contribution is 7.90. The first kappa shape index (κ1) is 19.8. The van der Waals surface area contributed by atoms with Gasteiger partial charge in [-0.15, -0.1) is 0 Å². The summed E-state index contributed by atoms with van der Waals surface area (Å²) >= 11 is 0. The lowest BCUT2D eigenvalue weighted by molar-refractivity contribution is -0.128. The van der Waals surface area contributed by atoms with Crippen molar-refractivity contribution in [3.05, 3.63) is 23.8 Å². The van der Waals surface area contributed by atoms with Crippen molar-refractivity contribution in [1.29, 1.82) is 0 Å². The van der Waals surface area contributed by atoms with Crippen LogP contribution in [-0.2, 0) is 19.4 Å². The quantitative estimate of drug-likeness (QED) is 0.741. The summed E-state index contributed by atoms with van der Waals surface area (Å²) in [5, 5.41) is 6.20. The van der Waals surface area contributed by atoms with Gasteiger partial charge in [0.25, 0.3) is 0 Å². The van der Waals surface area contributed by atoms with E-state index >= 15 is 0 Å². The third-order valence-corrected chi connectivity index (χ3v) is 6.69. The van der Waals surface area contributed by atoms with Gasteiger partial charge in [0, 0.05) is 18.5 Å². The molecule has 2 N–H and O–H groups in total. The molecule has 1 heterocycles. The lowest BCUT2D eigenvalue weighted by atomic mass is 9.67. The first-order valence-corrected chi connectivity index (χ1v) is 11.2. The molecule has 1 saturated heterocycles. The highest BCUT2D eigenvalue weighted by Gasteiger charge is 2.49. The fraction of sp³-hybridized carbons (Fsp3) is 0.579. The van der Waals surface area contributed by atoms with Crippen LogP contribution in [0, 0.1) is 11.3 Å². The number of fused-ring (bicyclic) bond motifs is 1. The second-order valence-corrected chi connectivity index (χ2v) is 9.44. The van der Waals surface area contributed by atoms with E-state index in [9.17, 15) is 18.0 Å². The molecule has 1 saturated carbocycles. The molecule has 2 aliphatic rings. The Hall–Kier alpha value is -1.93. The summed E-state index contributed by atoms with van der Waals surface area (Å²) in [6.07, 6.45) is 5.02. The van der Waals surface area contributed by atoms with Crippen LogP contribution >= 0.6 is 0 Å². The summed E-state index contributed by atoms with van der Waals surface area (Å²) in [5.41, 5.74) is -0.0578. The molecule has 0 bridgehead atoms. The minimum Gasteiger partial charge on any atom is -0.462 e. The first-order valence-electron chi connectivity index (χ1n) is 9.31. The Morgan fingerprint density at radius 3 is 2.78 bits per heavy atom. The van der Waals surface area contributed by atoms with Crippen molar-refractivity contribution in [1.82, 2.24) is 5.32 Å². The van der Waals surface area contributed by atoms with Crippen molar-refractivity contribution >= 4 is 27.4 Å². The van der Waals surface area contributed by atoms with Crippen LogP contribution in [0.15, 0.2) is 23.1 Å². The van der Waals surface area contributed by atoms with Gasteiger partial charge in [-0.1, -0.05) is 12.8 Å². The molecule has 1 aromatic carbocycles. The van der Waals surface area contributed by atoms with Gasteiger partial charge in [0.15, 0.2) is 9.84 Å². The molecule has 2 fully saturated rings. The predicted molar refractivity (Wildman–Crippen MR) is 101 cm³/mol. The van der Waals surface area contributed by atoms with E-state index in [1.807, 2.05) is 0 Å². The summed E-state index contributed by atoms with van der Waals surface area (Å²) < 4.78 is 29.0. The zero-order valence-corrected chi connectivity index (χ0v) is 16.5. The first-order chi connectivity index (χ1) is 12.8. The molecule has 8 heteroatoms. The fourth-order valence-electron chi connectivity index (χ4n) is 4.16. The van der Waals surface area contributed by atoms with Gasteiger partial charge in [0.05, 0.1) is 22.5 Å². The van der Waals surface area contributed by atoms with E-state index in [0.717, 1.165) is 38.5 Å². The average molecular weight is 394 g/mol. The standard InChI is InChI=1S/C19H26N2O5S/c1-3-26-17(22)13-8-15(10-16(9-13)27(2,24)25)21-18(23)19-7-5-4-6-14(19)11-20-12-19/h8-10,14,20H,3-7,11-12H2,1-2H3,(H,21,23)/t14-,19+/m0/s1. The van der Waals surface area contributed by atoms with E-state index in [0.29, 0.717) is 12.2 Å². The zero-order valence-electron chi connectivity index (χ0n) is 15.7. The summed E-state index contributed by atoms with van der Waals surface area (Å²) in [5.74, 6) is -0.443. The lowest BCUT2D eigenvalue weighted by Crippen LogP contribution is -2.44. The molecule has 7 nitrogen and oxygen atoms in total. The second-order valence-electron chi connectivity index (χ2n) is 7.42. The predicted octanol–water partition coefficient (Wildman–Crippen LogP) is 1.99. The van der Waals surface area contributed by atoms with Crippen molar-refractivity contribution in [2.45, 2.75) is 37.5 Å². The van der Waals surface area contributed by atoms with Crippen molar-refractivity contribution in [3.63, 3.8) is 0 Å². The number of ether oxygens (including phenoxy) is 1. The van der Waals surface area contributed by atoms with Crippen molar-refractivity contribution in [2.24, 2.45) is 11.3 Å². The molecule has 148 valence electrons. The Morgan fingerprint density at radius 2 is 2.07 bits per heavy atom. The van der Waals surface area contributed by atoms with Gasteiger partial charge in [0.2, 0.25) is 5.91 Å². The Balaban J connectivity index is 1.92. The zero-order chi connectivity index (χ0) is 19.7. The Kier molecular flexibility index (Phi) is 5.58. The molecule has 0 unspecified atom stereocenters. The second kappa shape index (κ2) is 7.59. The number of esters is 1. The number of anilines is 1. The van der Waals surface area contributed by atoms with Gasteiger partial charge in [-0.25, -0.2) is 13.2 Å². The number of hydrogen-bond acceptors (Lipinski definition) is 6. The van der Waals surface area contributed by atoms with Crippen LogP contribution in [0.1, 0.15) is 43.0 Å². The molecule has 1 amide bonds. The van der Waals surface area contributed by atoms with Gasteiger partial charge in [0.1, 0.15) is 0 Å². The molecule has 27 heavy (non-hydrogen) atoms. The van der Waals surface area contributed by atoms with Crippen molar-refractivity contribution < 1.29 is 22.7 Å². The summed E-state index contributed by atoms with van der Waals surface area (Å²) in [4.78, 5) is 25.2. The number of sulfone groups is 1. The van der Waals surface area contributed by atoms with Crippen LogP contribution in [0.2, 0.25) is 0 Å². The minimum absolute atomic E-state index is 0.0226. The van der Waals surface area contributed by atoms with Crippen LogP contribution in [0.25, 0.3) is 0 Å². The highest BCUT2D eigenvalue weighted by atomic mass is 32.2. The number of rotatable bonds is 5. The number of hydrogen-bond donors (Lipinski definition) is 2. The van der Waals surface area contributed by atoms with Crippen LogP contribution in [0.3, 0.4) is 0 Å². The van der Waals surface area contributed by atoms with E-state index in [1.54, 1.807) is 6.92 Å². The van der Waals surface area contributed by atoms with Crippen LogP contribution in [-0.4, -0.2) is 46.2 Å². The summed E-state index contributed by atoms with van der Waals surface area (Å²) in [7, 11) is -3.55. The van der Waals surface area contributed by atoms with E-state index < -0.39 is 21.2 Å². The number of amides is 1. The van der Waals surface area contributed by atoms with Gasteiger partial charge in [-0.3, -0.25) is 4.79 Å². The molecular formula is C19H26N2O5S. The van der Waals surface area contributed by atoms with E-state index in [2.05, 4.69) is 10.6 Å². The lowest BCUT2D eigenvalue weighted by Gasteiger charge is -2.37. The van der Waals surface area contributed by atoms with E-state index in [4.69, 9.17) is 4.74 Å². The normalized spacial score (nSPS) is 24.9. The topological polar surface area (TPSA) is 102 Å². The summed E-state index contributed by atoms with van der Waals surface area (Å²) in [6, 6.07) is 4.15. The van der Waals surface area contributed by atoms with Gasteiger partial charge in [-0.2, -0.15) is 0 Å². The van der Waals surface area contributed by atoms with Crippen molar-refractivity contribution in [2.75, 3.05) is 31.3 Å². The van der Waals surface area contributed by atoms with Crippen LogP contribution in [0.4, 0.5) is 5.69 Å².